The highest BCUT2D eigenvalue weighted by Crippen LogP contribution is 2.10. The molecular weight excluding hydrogens is 264 g/mol. The molecule has 0 spiro atoms. The Balaban J connectivity index is 3.49. The number of nitrogens with one attached hydrogen (secondary N) is 1. The first kappa shape index (κ1) is 20.4. The quantitative estimate of drug-likeness (QED) is 0.311. The normalized spacial score (nSPS) is 13.2. The zero-order valence-electron chi connectivity index (χ0n) is 14.7. The van der Waals surface area contributed by atoms with Gasteiger partial charge in [0.2, 0.25) is 0 Å². The molecule has 0 bridgehead atoms. The van der Waals surface area contributed by atoms with Crippen molar-refractivity contribution in [2.45, 2.75) is 84.2 Å². The van der Waals surface area contributed by atoms with E-state index in [4.69, 9.17) is 0 Å². The van der Waals surface area contributed by atoms with Crippen molar-refractivity contribution in [3.63, 3.8) is 0 Å². The van der Waals surface area contributed by atoms with E-state index in [1.165, 1.54) is 44.9 Å². The van der Waals surface area contributed by atoms with Crippen LogP contribution in [0.3, 0.4) is 0 Å². The van der Waals surface area contributed by atoms with Gasteiger partial charge in [-0.15, -0.1) is 0 Å². The van der Waals surface area contributed by atoms with Crippen molar-refractivity contribution in [1.29, 1.82) is 0 Å². The smallest absolute Gasteiger partial charge is 0.264 e. The molecule has 1 amide bonds. The number of amides is 1. The van der Waals surface area contributed by atoms with E-state index in [2.05, 4.69) is 12.3 Å². The van der Waals surface area contributed by atoms with E-state index < -0.39 is 6.10 Å². The lowest BCUT2D eigenvalue weighted by molar-refractivity contribution is -0.927. The fourth-order valence-electron chi connectivity index (χ4n) is 2.70. The molecule has 0 saturated heterocycles. The van der Waals surface area contributed by atoms with E-state index in [1.54, 1.807) is 6.92 Å². The van der Waals surface area contributed by atoms with E-state index in [-0.39, 0.29) is 5.91 Å². The molecule has 0 saturated carbocycles. The fraction of sp³-hybridized carbons (Fsp3) is 0.941. The molecule has 21 heavy (non-hydrogen) atoms. The second-order valence-corrected chi connectivity index (χ2v) is 6.83. The molecule has 126 valence electrons. The maximum Gasteiger partial charge on any atom is 0.264 e. The van der Waals surface area contributed by atoms with Crippen LogP contribution in [0.25, 0.3) is 0 Å². The Morgan fingerprint density at radius 1 is 1.00 bits per heavy atom. The van der Waals surface area contributed by atoms with Gasteiger partial charge in [-0.3, -0.25) is 4.79 Å². The van der Waals surface area contributed by atoms with E-state index in [0.29, 0.717) is 17.6 Å². The highest BCUT2D eigenvalue weighted by atomic mass is 16.3. The summed E-state index contributed by atoms with van der Waals surface area (Å²) in [5.41, 5.74) is 2.95. The minimum absolute atomic E-state index is 0.0867. The summed E-state index contributed by atoms with van der Waals surface area (Å²) in [5, 5.41) is 9.38. The average Bonchev–Trinajstić information content (AvgIpc) is 2.34. The maximum atomic E-state index is 11.8. The number of unbranched alkanes of at least 4 members (excludes halogenated alkanes) is 8. The van der Waals surface area contributed by atoms with Crippen molar-refractivity contribution in [2.24, 2.45) is 0 Å². The largest absolute Gasteiger partial charge is 0.387 e. The molecule has 0 radical (unpaired) electrons. The predicted octanol–water partition coefficient (Wildman–Crippen LogP) is 3.40. The van der Waals surface area contributed by atoms with Gasteiger partial charge in [-0.2, -0.15) is 0 Å². The lowest BCUT2D eigenvalue weighted by Crippen LogP contribution is -2.57. The molecule has 0 aliphatic heterocycles. The van der Waals surface area contributed by atoms with Crippen LogP contribution in [-0.2, 0) is 4.79 Å². The lowest BCUT2D eigenvalue weighted by atomic mass is 10.1. The van der Waals surface area contributed by atoms with Gasteiger partial charge in [-0.25, -0.2) is 10.0 Å². The van der Waals surface area contributed by atoms with Gasteiger partial charge in [0.15, 0.2) is 0 Å². The van der Waals surface area contributed by atoms with Gasteiger partial charge in [0.25, 0.3) is 5.91 Å². The highest BCUT2D eigenvalue weighted by molar-refractivity contribution is 5.74. The van der Waals surface area contributed by atoms with E-state index in [1.807, 2.05) is 14.1 Å². The Kier molecular flexibility index (Phi) is 11.6. The molecule has 0 heterocycles. The third kappa shape index (κ3) is 14.1. The van der Waals surface area contributed by atoms with Gasteiger partial charge in [0.05, 0.1) is 14.1 Å². The molecule has 4 nitrogen and oxygen atoms in total. The number of carbonyl (C=O) groups excluding carboxylic acids is 1. The summed E-state index contributed by atoms with van der Waals surface area (Å²) in [5.74, 6) is 0.0867. The molecule has 4 heteroatoms. The Bertz CT molecular complexity index is 266. The number of carbonyl (C=O) groups is 1. The summed E-state index contributed by atoms with van der Waals surface area (Å²) < 4.78 is 0.341. The Hall–Kier alpha value is -0.610. The van der Waals surface area contributed by atoms with Gasteiger partial charge in [0, 0.05) is 6.42 Å². The summed E-state index contributed by atoms with van der Waals surface area (Å²) in [4.78, 5) is 11.8. The second-order valence-electron chi connectivity index (χ2n) is 6.83. The molecule has 0 aliphatic carbocycles. The maximum absolute atomic E-state index is 11.8. The van der Waals surface area contributed by atoms with Gasteiger partial charge in [-0.05, 0) is 13.3 Å². The number of aliphatic hydroxyl groups is 1. The Labute approximate surface area is 131 Å². The van der Waals surface area contributed by atoms with Gasteiger partial charge in [0.1, 0.15) is 12.6 Å². The van der Waals surface area contributed by atoms with Crippen LogP contribution >= 0.6 is 0 Å². The van der Waals surface area contributed by atoms with Crippen molar-refractivity contribution >= 4 is 5.91 Å². The van der Waals surface area contributed by atoms with Crippen LogP contribution in [0.2, 0.25) is 0 Å². The zero-order valence-corrected chi connectivity index (χ0v) is 14.7. The molecule has 2 N–H and O–H groups in total. The molecule has 0 fully saturated rings. The van der Waals surface area contributed by atoms with E-state index in [0.717, 1.165) is 12.8 Å². The monoisotopic (exact) mass is 301 g/mol. The molecule has 0 aliphatic rings. The molecular formula is C17H37N2O2+. The van der Waals surface area contributed by atoms with Crippen LogP contribution < -0.4 is 5.43 Å². The predicted molar refractivity (Wildman–Crippen MR) is 88.6 cm³/mol. The minimum atomic E-state index is -0.409. The number of likely N-dealkylation sites (N-methyl/N-ethyl adjacent to an activating group) is 1. The molecule has 0 aromatic heterocycles. The number of quaternary nitrogens is 1. The topological polar surface area (TPSA) is 49.3 Å². The number of aliphatic hydroxyl groups excluding tert-OH is 1. The standard InChI is InChI=1S/C17H36N2O2/c1-5-6-7-8-9-10-11-12-13-14-17(21)18-19(3,4)15-16(2)20/h16,20H,5-15H2,1-4H3/p+1. The third-order valence-corrected chi connectivity index (χ3v) is 3.66. The van der Waals surface area contributed by atoms with Crippen LogP contribution in [0.1, 0.15) is 78.1 Å². The fourth-order valence-corrected chi connectivity index (χ4v) is 2.70. The van der Waals surface area contributed by atoms with E-state index in [9.17, 15) is 9.90 Å². The average molecular weight is 301 g/mol. The number of hydrogen-bond donors (Lipinski definition) is 2. The first-order valence-electron chi connectivity index (χ1n) is 8.69. The minimum Gasteiger partial charge on any atom is -0.387 e. The Morgan fingerprint density at radius 3 is 1.95 bits per heavy atom. The molecule has 1 atom stereocenters. The number of hydrogen-bond acceptors (Lipinski definition) is 2. The van der Waals surface area contributed by atoms with Gasteiger partial charge in [-0.1, -0.05) is 58.3 Å². The van der Waals surface area contributed by atoms with Crippen molar-refractivity contribution in [3.8, 4) is 0 Å². The lowest BCUT2D eigenvalue weighted by Gasteiger charge is -2.30. The van der Waals surface area contributed by atoms with Crippen LogP contribution in [0.5, 0.6) is 0 Å². The summed E-state index contributed by atoms with van der Waals surface area (Å²) >= 11 is 0. The van der Waals surface area contributed by atoms with Crippen molar-refractivity contribution in [3.05, 3.63) is 0 Å². The van der Waals surface area contributed by atoms with E-state index >= 15 is 0 Å². The van der Waals surface area contributed by atoms with Crippen LogP contribution in [0, 0.1) is 0 Å². The third-order valence-electron chi connectivity index (χ3n) is 3.66. The van der Waals surface area contributed by atoms with Crippen molar-refractivity contribution in [2.75, 3.05) is 20.6 Å². The zero-order chi connectivity index (χ0) is 16.1. The number of nitrogens with zero attached hydrogens (tertiary/aromatic N) is 1. The van der Waals surface area contributed by atoms with Crippen molar-refractivity contribution < 1.29 is 14.5 Å². The van der Waals surface area contributed by atoms with Crippen LogP contribution in [-0.4, -0.2) is 42.3 Å². The molecule has 1 unspecified atom stereocenters. The first-order valence-corrected chi connectivity index (χ1v) is 8.69. The summed E-state index contributed by atoms with van der Waals surface area (Å²) in [6.07, 6.45) is 11.6. The number of rotatable bonds is 13. The highest BCUT2D eigenvalue weighted by Gasteiger charge is 2.20. The molecule has 0 aromatic carbocycles. The molecule has 0 aromatic rings. The summed E-state index contributed by atoms with van der Waals surface area (Å²) in [6.45, 7) is 4.52. The summed E-state index contributed by atoms with van der Waals surface area (Å²) in [6, 6.07) is 0. The molecule has 0 rings (SSSR count). The first-order chi connectivity index (χ1) is 9.87. The van der Waals surface area contributed by atoms with Gasteiger partial charge >= 0.3 is 0 Å². The van der Waals surface area contributed by atoms with Crippen LogP contribution in [0.15, 0.2) is 0 Å². The van der Waals surface area contributed by atoms with Crippen molar-refractivity contribution in [1.82, 2.24) is 5.43 Å². The van der Waals surface area contributed by atoms with Gasteiger partial charge < -0.3 is 5.11 Å². The van der Waals surface area contributed by atoms with Crippen LogP contribution in [0.4, 0.5) is 0 Å². The summed E-state index contributed by atoms with van der Waals surface area (Å²) in [7, 11) is 3.81. The second kappa shape index (κ2) is 12.0. The SMILES string of the molecule is CCCCCCCCCCCC(=O)N[N+](C)(C)CC(C)O. The Morgan fingerprint density at radius 2 is 1.48 bits per heavy atom.